The molecule has 3 aromatic carbocycles. The van der Waals surface area contributed by atoms with Gasteiger partial charge in [-0.15, -0.1) is 0 Å². The van der Waals surface area contributed by atoms with E-state index in [1.165, 1.54) is 6.07 Å². The molecule has 0 saturated carbocycles. The molecule has 0 saturated heterocycles. The summed E-state index contributed by atoms with van der Waals surface area (Å²) < 4.78 is 15.4. The average molecular weight is 348 g/mol. The lowest BCUT2D eigenvalue weighted by Gasteiger charge is -2.10. The first kappa shape index (κ1) is 17.2. The number of hydrogen-bond donors (Lipinski definition) is 0. The van der Waals surface area contributed by atoms with Crippen molar-refractivity contribution >= 4 is 12.1 Å². The first-order chi connectivity index (χ1) is 12.7. The molecule has 3 rings (SSSR count). The highest BCUT2D eigenvalue weighted by molar-refractivity contribution is 5.97. The highest BCUT2D eigenvalue weighted by atomic mass is 16.7. The van der Waals surface area contributed by atoms with Gasteiger partial charge in [0, 0.05) is 0 Å². The molecule has 0 atom stereocenters. The van der Waals surface area contributed by atoms with Crippen LogP contribution in [0.4, 0.5) is 4.79 Å². The first-order valence-corrected chi connectivity index (χ1v) is 7.97. The molecule has 0 aliphatic rings. The van der Waals surface area contributed by atoms with Crippen molar-refractivity contribution in [3.63, 3.8) is 0 Å². The van der Waals surface area contributed by atoms with Gasteiger partial charge in [-0.1, -0.05) is 60.7 Å². The normalized spacial score (nSPS) is 10.0. The first-order valence-electron chi connectivity index (χ1n) is 7.97. The molecule has 0 spiro atoms. The van der Waals surface area contributed by atoms with Crippen LogP contribution in [0, 0.1) is 0 Å². The minimum absolute atomic E-state index is 0.147. The molecule has 3 aromatic rings. The van der Waals surface area contributed by atoms with Crippen molar-refractivity contribution in [2.24, 2.45) is 0 Å². The van der Waals surface area contributed by atoms with E-state index in [-0.39, 0.29) is 5.56 Å². The van der Waals surface area contributed by atoms with Crippen LogP contribution in [0.1, 0.15) is 15.9 Å². The van der Waals surface area contributed by atoms with Gasteiger partial charge < -0.3 is 14.2 Å². The lowest BCUT2D eigenvalue weighted by Crippen LogP contribution is -2.17. The molecule has 0 unspecified atom stereocenters. The molecule has 26 heavy (non-hydrogen) atoms. The van der Waals surface area contributed by atoms with Crippen LogP contribution in [0.5, 0.6) is 11.5 Å². The van der Waals surface area contributed by atoms with Gasteiger partial charge in [0.1, 0.15) is 23.7 Å². The molecule has 0 amide bonds. The molecule has 0 N–H and O–H groups in total. The van der Waals surface area contributed by atoms with Gasteiger partial charge >= 0.3 is 12.1 Å². The molecule has 130 valence electrons. The molecule has 5 nitrogen and oxygen atoms in total. The highest BCUT2D eigenvalue weighted by Crippen LogP contribution is 2.21. The van der Waals surface area contributed by atoms with Crippen LogP contribution < -0.4 is 9.47 Å². The summed E-state index contributed by atoms with van der Waals surface area (Å²) in [5, 5.41) is 0. The number of benzene rings is 3. The van der Waals surface area contributed by atoms with E-state index in [0.29, 0.717) is 18.1 Å². The van der Waals surface area contributed by atoms with E-state index in [1.54, 1.807) is 48.5 Å². The SMILES string of the molecule is O=C(OC(=O)c1ccccc1OCc1ccccc1)Oc1ccccc1. The third kappa shape index (κ3) is 4.70. The highest BCUT2D eigenvalue weighted by Gasteiger charge is 2.19. The van der Waals surface area contributed by atoms with E-state index in [9.17, 15) is 9.59 Å². The van der Waals surface area contributed by atoms with Gasteiger partial charge in [0.25, 0.3) is 0 Å². The van der Waals surface area contributed by atoms with E-state index >= 15 is 0 Å². The van der Waals surface area contributed by atoms with Gasteiger partial charge in [-0.3, -0.25) is 0 Å². The lowest BCUT2D eigenvalue weighted by molar-refractivity contribution is 0.0525. The van der Waals surface area contributed by atoms with Crippen molar-refractivity contribution in [1.82, 2.24) is 0 Å². The maximum atomic E-state index is 12.3. The van der Waals surface area contributed by atoms with Crippen LogP contribution in [0.2, 0.25) is 0 Å². The fourth-order valence-electron chi connectivity index (χ4n) is 2.23. The Morgan fingerprint density at radius 1 is 0.731 bits per heavy atom. The molecule has 0 radical (unpaired) electrons. The average Bonchev–Trinajstić information content (AvgIpc) is 2.68. The molecule has 0 heterocycles. The Bertz CT molecular complexity index is 875. The molecule has 0 bridgehead atoms. The summed E-state index contributed by atoms with van der Waals surface area (Å²) in [5.74, 6) is -0.220. The zero-order valence-electron chi connectivity index (χ0n) is 13.8. The molecule has 0 aromatic heterocycles. The Kier molecular flexibility index (Phi) is 5.62. The maximum absolute atomic E-state index is 12.3. The van der Waals surface area contributed by atoms with Crippen LogP contribution in [0.25, 0.3) is 0 Å². The zero-order chi connectivity index (χ0) is 18.2. The Morgan fingerprint density at radius 3 is 2.08 bits per heavy atom. The number of ether oxygens (including phenoxy) is 3. The van der Waals surface area contributed by atoms with E-state index in [1.807, 2.05) is 30.3 Å². The van der Waals surface area contributed by atoms with Crippen LogP contribution in [0.15, 0.2) is 84.9 Å². The number of rotatable bonds is 5. The Hall–Kier alpha value is -3.60. The van der Waals surface area contributed by atoms with Crippen LogP contribution in [0.3, 0.4) is 0 Å². The van der Waals surface area contributed by atoms with Gasteiger partial charge in [-0.05, 0) is 29.8 Å². The summed E-state index contributed by atoms with van der Waals surface area (Å²) in [6.45, 7) is 0.291. The van der Waals surface area contributed by atoms with Crippen LogP contribution >= 0.6 is 0 Å². The van der Waals surface area contributed by atoms with E-state index in [2.05, 4.69) is 0 Å². The van der Waals surface area contributed by atoms with Gasteiger partial charge in [0.15, 0.2) is 0 Å². The lowest BCUT2D eigenvalue weighted by atomic mass is 10.2. The summed E-state index contributed by atoms with van der Waals surface area (Å²) in [4.78, 5) is 24.1. The molecule has 0 aliphatic carbocycles. The number of esters is 1. The monoisotopic (exact) mass is 348 g/mol. The van der Waals surface area contributed by atoms with E-state index < -0.39 is 12.1 Å². The zero-order valence-corrected chi connectivity index (χ0v) is 13.8. The number of hydrogen-bond acceptors (Lipinski definition) is 5. The Labute approximate surface area is 150 Å². The molecule has 5 heteroatoms. The van der Waals surface area contributed by atoms with Crippen LogP contribution in [-0.4, -0.2) is 12.1 Å². The predicted molar refractivity (Wildman–Crippen MR) is 95.1 cm³/mol. The minimum atomic E-state index is -1.10. The number of carbonyl (C=O) groups is 2. The van der Waals surface area contributed by atoms with Crippen molar-refractivity contribution < 1.29 is 23.8 Å². The smallest absolute Gasteiger partial charge is 0.488 e. The summed E-state index contributed by atoms with van der Waals surface area (Å²) >= 11 is 0. The third-order valence-electron chi connectivity index (χ3n) is 3.46. The molecule has 0 fully saturated rings. The van der Waals surface area contributed by atoms with Gasteiger partial charge in [-0.25, -0.2) is 9.59 Å². The number of carbonyl (C=O) groups excluding carboxylic acids is 2. The second-order valence-electron chi connectivity index (χ2n) is 5.33. The molecular formula is C21H16O5. The topological polar surface area (TPSA) is 61.8 Å². The molecular weight excluding hydrogens is 332 g/mol. The van der Waals surface area contributed by atoms with Crippen molar-refractivity contribution in [3.05, 3.63) is 96.1 Å². The summed E-state index contributed by atoms with van der Waals surface area (Å²) in [7, 11) is 0. The largest absolute Gasteiger partial charge is 0.521 e. The quantitative estimate of drug-likeness (QED) is 0.382. The standard InChI is InChI=1S/C21H16O5/c22-20(26-21(23)25-17-11-5-2-6-12-17)18-13-7-8-14-19(18)24-15-16-9-3-1-4-10-16/h1-14H,15H2. The van der Waals surface area contributed by atoms with Crippen LogP contribution in [-0.2, 0) is 11.3 Å². The fraction of sp³-hybridized carbons (Fsp3) is 0.0476. The second-order valence-corrected chi connectivity index (χ2v) is 5.33. The molecule has 0 aliphatic heterocycles. The maximum Gasteiger partial charge on any atom is 0.521 e. The van der Waals surface area contributed by atoms with Gasteiger partial charge in [-0.2, -0.15) is 0 Å². The Morgan fingerprint density at radius 2 is 1.35 bits per heavy atom. The van der Waals surface area contributed by atoms with E-state index in [4.69, 9.17) is 14.2 Å². The second kappa shape index (κ2) is 8.48. The van der Waals surface area contributed by atoms with Crippen molar-refractivity contribution in [2.45, 2.75) is 6.61 Å². The van der Waals surface area contributed by atoms with Crippen molar-refractivity contribution in [1.29, 1.82) is 0 Å². The van der Waals surface area contributed by atoms with Crippen molar-refractivity contribution in [2.75, 3.05) is 0 Å². The third-order valence-corrected chi connectivity index (χ3v) is 3.46. The van der Waals surface area contributed by atoms with E-state index in [0.717, 1.165) is 5.56 Å². The van der Waals surface area contributed by atoms with Gasteiger partial charge in [0.2, 0.25) is 0 Å². The minimum Gasteiger partial charge on any atom is -0.488 e. The Balaban J connectivity index is 1.64. The summed E-state index contributed by atoms with van der Waals surface area (Å²) in [6.07, 6.45) is -1.10. The summed E-state index contributed by atoms with van der Waals surface area (Å²) in [6, 6.07) is 24.5. The summed E-state index contributed by atoms with van der Waals surface area (Å²) in [5.41, 5.74) is 1.10. The number of para-hydroxylation sites is 2. The van der Waals surface area contributed by atoms with Gasteiger partial charge in [0.05, 0.1) is 0 Å². The fourth-order valence-corrected chi connectivity index (χ4v) is 2.23. The predicted octanol–water partition coefficient (Wildman–Crippen LogP) is 4.62. The van der Waals surface area contributed by atoms with Crippen molar-refractivity contribution in [3.8, 4) is 11.5 Å².